The minimum absolute atomic E-state index is 0.636. The number of hydrogen-bond acceptors (Lipinski definition) is 4. The van der Waals surface area contributed by atoms with Gasteiger partial charge in [-0.3, -0.25) is 0 Å². The van der Waals surface area contributed by atoms with E-state index in [0.29, 0.717) is 5.92 Å². The predicted molar refractivity (Wildman–Crippen MR) is 59.4 cm³/mol. The van der Waals surface area contributed by atoms with Crippen LogP contribution in [0.5, 0.6) is 0 Å². The Morgan fingerprint density at radius 1 is 1.33 bits per heavy atom. The SMILES string of the molecule is CCCc1noc(CCC(C)CCN)n1. The molecule has 0 aliphatic rings. The second-order valence-electron chi connectivity index (χ2n) is 4.08. The number of nitrogens with two attached hydrogens (primary N) is 1. The van der Waals surface area contributed by atoms with Crippen molar-refractivity contribution in [3.63, 3.8) is 0 Å². The lowest BCUT2D eigenvalue weighted by Gasteiger charge is -2.06. The van der Waals surface area contributed by atoms with Crippen LogP contribution >= 0.6 is 0 Å². The summed E-state index contributed by atoms with van der Waals surface area (Å²) in [6.07, 6.45) is 4.98. The van der Waals surface area contributed by atoms with Crippen molar-refractivity contribution in [2.45, 2.75) is 46.0 Å². The van der Waals surface area contributed by atoms with Crippen molar-refractivity contribution in [3.8, 4) is 0 Å². The van der Waals surface area contributed by atoms with Gasteiger partial charge in [-0.15, -0.1) is 0 Å². The Bertz CT molecular complexity index is 273. The fraction of sp³-hybridized carbons (Fsp3) is 0.818. The lowest BCUT2D eigenvalue weighted by molar-refractivity contribution is 0.358. The van der Waals surface area contributed by atoms with Gasteiger partial charge in [0.1, 0.15) is 0 Å². The van der Waals surface area contributed by atoms with E-state index in [4.69, 9.17) is 10.3 Å². The first-order valence-corrected chi connectivity index (χ1v) is 5.77. The lowest BCUT2D eigenvalue weighted by atomic mass is 10.0. The molecule has 4 heteroatoms. The van der Waals surface area contributed by atoms with E-state index in [2.05, 4.69) is 24.0 Å². The Morgan fingerprint density at radius 2 is 2.13 bits per heavy atom. The zero-order chi connectivity index (χ0) is 11.1. The third-order valence-electron chi connectivity index (χ3n) is 2.49. The van der Waals surface area contributed by atoms with E-state index in [0.717, 1.165) is 50.4 Å². The van der Waals surface area contributed by atoms with Crippen LogP contribution < -0.4 is 5.73 Å². The predicted octanol–water partition coefficient (Wildman–Crippen LogP) is 1.94. The summed E-state index contributed by atoms with van der Waals surface area (Å²) in [4.78, 5) is 4.32. The average Bonchev–Trinajstić information content (AvgIpc) is 2.64. The molecule has 0 saturated heterocycles. The second-order valence-corrected chi connectivity index (χ2v) is 4.08. The smallest absolute Gasteiger partial charge is 0.226 e. The Hall–Kier alpha value is -0.900. The molecule has 0 saturated carbocycles. The van der Waals surface area contributed by atoms with E-state index in [1.54, 1.807) is 0 Å². The molecule has 4 nitrogen and oxygen atoms in total. The van der Waals surface area contributed by atoms with Crippen LogP contribution in [0.25, 0.3) is 0 Å². The summed E-state index contributed by atoms with van der Waals surface area (Å²) < 4.78 is 5.15. The van der Waals surface area contributed by atoms with Crippen LogP contribution in [0.15, 0.2) is 4.52 Å². The van der Waals surface area contributed by atoms with Gasteiger partial charge >= 0.3 is 0 Å². The highest BCUT2D eigenvalue weighted by Gasteiger charge is 2.07. The first-order valence-electron chi connectivity index (χ1n) is 5.77. The molecule has 1 heterocycles. The molecule has 0 aromatic carbocycles. The molecular weight excluding hydrogens is 190 g/mol. The van der Waals surface area contributed by atoms with Crippen molar-refractivity contribution in [2.75, 3.05) is 6.54 Å². The van der Waals surface area contributed by atoms with E-state index >= 15 is 0 Å². The van der Waals surface area contributed by atoms with E-state index in [9.17, 15) is 0 Å². The van der Waals surface area contributed by atoms with Gasteiger partial charge in [-0.05, 0) is 31.7 Å². The molecule has 0 aliphatic heterocycles. The van der Waals surface area contributed by atoms with Gasteiger partial charge in [-0.2, -0.15) is 4.98 Å². The quantitative estimate of drug-likeness (QED) is 0.748. The number of nitrogens with zero attached hydrogens (tertiary/aromatic N) is 2. The maximum Gasteiger partial charge on any atom is 0.226 e. The van der Waals surface area contributed by atoms with Crippen LogP contribution in [0, 0.1) is 5.92 Å². The molecule has 1 rings (SSSR count). The molecule has 0 bridgehead atoms. The molecule has 0 radical (unpaired) electrons. The molecule has 2 N–H and O–H groups in total. The molecule has 1 unspecified atom stereocenters. The van der Waals surface area contributed by atoms with Gasteiger partial charge in [0.2, 0.25) is 5.89 Å². The molecule has 0 amide bonds. The zero-order valence-electron chi connectivity index (χ0n) is 9.70. The molecule has 0 aliphatic carbocycles. The van der Waals surface area contributed by atoms with Gasteiger partial charge in [0, 0.05) is 12.8 Å². The molecule has 0 spiro atoms. The summed E-state index contributed by atoms with van der Waals surface area (Å²) in [7, 11) is 0. The number of aryl methyl sites for hydroxylation is 2. The number of rotatable bonds is 7. The maximum absolute atomic E-state index is 5.49. The van der Waals surface area contributed by atoms with Crippen LogP contribution in [-0.2, 0) is 12.8 Å². The summed E-state index contributed by atoms with van der Waals surface area (Å²) >= 11 is 0. The highest BCUT2D eigenvalue weighted by Crippen LogP contribution is 2.11. The van der Waals surface area contributed by atoms with Gasteiger partial charge in [-0.1, -0.05) is 19.0 Å². The molecule has 86 valence electrons. The minimum atomic E-state index is 0.636. The van der Waals surface area contributed by atoms with Crippen molar-refractivity contribution in [1.82, 2.24) is 10.1 Å². The van der Waals surface area contributed by atoms with Crippen LogP contribution in [0.1, 0.15) is 44.8 Å². The van der Waals surface area contributed by atoms with Crippen molar-refractivity contribution >= 4 is 0 Å². The number of aromatic nitrogens is 2. The maximum atomic E-state index is 5.49. The van der Waals surface area contributed by atoms with E-state index in [1.165, 1.54) is 0 Å². The lowest BCUT2D eigenvalue weighted by Crippen LogP contribution is -2.06. The van der Waals surface area contributed by atoms with Gasteiger partial charge in [0.15, 0.2) is 5.82 Å². The molecule has 1 aromatic heterocycles. The minimum Gasteiger partial charge on any atom is -0.339 e. The monoisotopic (exact) mass is 211 g/mol. The van der Waals surface area contributed by atoms with Crippen molar-refractivity contribution in [1.29, 1.82) is 0 Å². The third-order valence-corrected chi connectivity index (χ3v) is 2.49. The van der Waals surface area contributed by atoms with Gasteiger partial charge < -0.3 is 10.3 Å². The van der Waals surface area contributed by atoms with Gasteiger partial charge in [-0.25, -0.2) is 0 Å². The Balaban J connectivity index is 2.30. The van der Waals surface area contributed by atoms with E-state index in [1.807, 2.05) is 0 Å². The normalized spacial score (nSPS) is 13.0. The molecule has 1 aromatic rings. The topological polar surface area (TPSA) is 64.9 Å². The fourth-order valence-corrected chi connectivity index (χ4v) is 1.52. The molecule has 0 fully saturated rings. The van der Waals surface area contributed by atoms with E-state index < -0.39 is 0 Å². The zero-order valence-corrected chi connectivity index (χ0v) is 9.70. The standard InChI is InChI=1S/C11H21N3O/c1-3-4-10-13-11(15-14-10)6-5-9(2)7-8-12/h9H,3-8,12H2,1-2H3. The summed E-state index contributed by atoms with van der Waals surface area (Å²) in [5, 5.41) is 3.92. The van der Waals surface area contributed by atoms with Crippen LogP contribution in [0.4, 0.5) is 0 Å². The number of hydrogen-bond donors (Lipinski definition) is 1. The summed E-state index contributed by atoms with van der Waals surface area (Å²) in [6, 6.07) is 0. The van der Waals surface area contributed by atoms with Gasteiger partial charge in [0.05, 0.1) is 0 Å². The van der Waals surface area contributed by atoms with Crippen LogP contribution in [0.3, 0.4) is 0 Å². The molecule has 1 atom stereocenters. The Kier molecular flexibility index (Phi) is 5.32. The first-order chi connectivity index (χ1) is 7.26. The second kappa shape index (κ2) is 6.56. The van der Waals surface area contributed by atoms with Crippen molar-refractivity contribution in [2.24, 2.45) is 11.7 Å². The van der Waals surface area contributed by atoms with Crippen LogP contribution in [0.2, 0.25) is 0 Å². The largest absolute Gasteiger partial charge is 0.339 e. The average molecular weight is 211 g/mol. The van der Waals surface area contributed by atoms with Crippen molar-refractivity contribution < 1.29 is 4.52 Å². The van der Waals surface area contributed by atoms with E-state index in [-0.39, 0.29) is 0 Å². The molecule has 15 heavy (non-hydrogen) atoms. The summed E-state index contributed by atoms with van der Waals surface area (Å²) in [5.74, 6) is 2.23. The Morgan fingerprint density at radius 3 is 2.80 bits per heavy atom. The van der Waals surface area contributed by atoms with Crippen molar-refractivity contribution in [3.05, 3.63) is 11.7 Å². The van der Waals surface area contributed by atoms with Crippen LogP contribution in [-0.4, -0.2) is 16.7 Å². The van der Waals surface area contributed by atoms with Gasteiger partial charge in [0.25, 0.3) is 0 Å². The molecular formula is C11H21N3O. The summed E-state index contributed by atoms with van der Waals surface area (Å²) in [5.41, 5.74) is 5.49. The first kappa shape index (κ1) is 12.2. The Labute approximate surface area is 91.2 Å². The third kappa shape index (κ3) is 4.42. The summed E-state index contributed by atoms with van der Waals surface area (Å²) in [6.45, 7) is 5.07. The highest BCUT2D eigenvalue weighted by molar-refractivity contribution is 4.86. The fourth-order valence-electron chi connectivity index (χ4n) is 1.52. The highest BCUT2D eigenvalue weighted by atomic mass is 16.5.